The van der Waals surface area contributed by atoms with Crippen LogP contribution in [0.15, 0.2) is 34.8 Å². The lowest BCUT2D eigenvalue weighted by molar-refractivity contribution is -0.154. The summed E-state index contributed by atoms with van der Waals surface area (Å²) >= 11 is 1.41. The summed E-state index contributed by atoms with van der Waals surface area (Å²) in [5.41, 5.74) is -1.11. The number of ketones is 1. The van der Waals surface area contributed by atoms with Crippen molar-refractivity contribution >= 4 is 29.2 Å². The number of carbonyl (C=O) groups excluding carboxylic acids is 2. The Hall–Kier alpha value is -2.30. The molecule has 37 heavy (non-hydrogen) atoms. The zero-order valence-corrected chi connectivity index (χ0v) is 22.8. The third-order valence-electron chi connectivity index (χ3n) is 6.81. The molecule has 0 aliphatic carbocycles. The number of nitrogens with zero attached hydrogens (tertiary/aromatic N) is 1. The lowest BCUT2D eigenvalue weighted by Gasteiger charge is -2.34. The summed E-state index contributed by atoms with van der Waals surface area (Å²) in [6.07, 6.45) is -4.04. The number of esters is 1. The molecular weight excluding hydrogens is 507 g/mol. The van der Waals surface area contributed by atoms with Gasteiger partial charge in [-0.1, -0.05) is 45.9 Å². The number of aromatic nitrogens is 1. The van der Waals surface area contributed by atoms with Crippen molar-refractivity contribution in [2.24, 2.45) is 17.3 Å². The Balaban J connectivity index is 2.50. The van der Waals surface area contributed by atoms with Crippen LogP contribution in [0.4, 0.5) is 13.2 Å². The fourth-order valence-electron chi connectivity index (χ4n) is 4.17. The van der Waals surface area contributed by atoms with E-state index >= 15 is 0 Å². The number of hydrogen-bond donors (Lipinski definition) is 2. The van der Waals surface area contributed by atoms with Crippen molar-refractivity contribution in [3.05, 3.63) is 45.5 Å². The van der Waals surface area contributed by atoms with E-state index in [1.807, 2.05) is 6.92 Å². The lowest BCUT2D eigenvalue weighted by Crippen LogP contribution is -2.45. The molecule has 1 aromatic rings. The predicted octanol–water partition coefficient (Wildman–Crippen LogP) is 5.58. The van der Waals surface area contributed by atoms with E-state index in [-0.39, 0.29) is 6.42 Å². The van der Waals surface area contributed by atoms with E-state index in [1.54, 1.807) is 25.3 Å². The molecule has 10 heteroatoms. The molecule has 0 aromatic carbocycles. The lowest BCUT2D eigenvalue weighted by atomic mass is 9.73. The van der Waals surface area contributed by atoms with Crippen molar-refractivity contribution in [2.45, 2.75) is 85.3 Å². The molecule has 1 aliphatic heterocycles. The quantitative estimate of drug-likeness (QED) is 0.373. The Morgan fingerprint density at radius 3 is 2.46 bits per heavy atom. The van der Waals surface area contributed by atoms with Gasteiger partial charge in [-0.15, -0.1) is 11.3 Å². The highest BCUT2D eigenvalue weighted by atomic mass is 32.1. The number of allylic oxidation sites excluding steroid dienone is 2. The Morgan fingerprint density at radius 2 is 1.89 bits per heavy atom. The molecule has 5 atom stereocenters. The third-order valence-corrected chi connectivity index (χ3v) is 7.60. The predicted molar refractivity (Wildman–Crippen MR) is 137 cm³/mol. The molecule has 4 unspecified atom stereocenters. The highest BCUT2D eigenvalue weighted by Crippen LogP contribution is 2.33. The number of Topliss-reactive ketones (excluding diaryl/α,β-unsaturated/α-hetero) is 1. The van der Waals surface area contributed by atoms with Crippen LogP contribution in [-0.4, -0.2) is 51.4 Å². The van der Waals surface area contributed by atoms with Gasteiger partial charge in [-0.2, -0.15) is 13.2 Å². The molecule has 206 valence electrons. The summed E-state index contributed by atoms with van der Waals surface area (Å²) in [7, 11) is 0. The highest BCUT2D eigenvalue weighted by molar-refractivity contribution is 7.09. The average Bonchev–Trinajstić information content (AvgIpc) is 3.21. The fourth-order valence-corrected chi connectivity index (χ4v) is 4.74. The highest BCUT2D eigenvalue weighted by Gasteiger charge is 2.42. The molecule has 2 N–H and O–H groups in total. The summed E-state index contributed by atoms with van der Waals surface area (Å²) in [5, 5.41) is 24.0. The fraction of sp³-hybridized carbons (Fsp3) is 0.593. The maximum Gasteiger partial charge on any atom is 0.412 e. The van der Waals surface area contributed by atoms with E-state index in [4.69, 9.17) is 4.74 Å². The second-order valence-corrected chi connectivity index (χ2v) is 11.3. The van der Waals surface area contributed by atoms with E-state index in [0.717, 1.165) is 11.1 Å². The molecule has 0 radical (unpaired) electrons. The smallest absolute Gasteiger partial charge is 0.412 e. The monoisotopic (exact) mass is 543 g/mol. The van der Waals surface area contributed by atoms with E-state index < -0.39 is 71.9 Å². The number of aryl methyl sites for hydroxylation is 1. The standard InChI is InChI=1S/C27H36F3NO5S/c1-15-8-7-9-19(27(28,29)30)10-11-21(16(2)12-20-14-37-18(4)31-20)36-23(33)13-22(32)26(5,6)25(35)17(3)24(15)34/h7-8,10,12,14-15,17,21-22,24,32,34H,9,11,13H2,1-6H3/b8-7+,16-12+,19-10+/t15?,17-,21?,22?,24?/m1/s1. The largest absolute Gasteiger partial charge is 0.457 e. The first-order valence-electron chi connectivity index (χ1n) is 12.2. The van der Waals surface area contributed by atoms with Gasteiger partial charge in [0.2, 0.25) is 0 Å². The molecule has 6 nitrogen and oxygen atoms in total. The molecule has 0 fully saturated rings. The van der Waals surface area contributed by atoms with Crippen LogP contribution in [0.1, 0.15) is 64.6 Å². The molecule has 2 rings (SSSR count). The summed E-state index contributed by atoms with van der Waals surface area (Å²) in [5.74, 6) is -2.85. The Labute approximate surface area is 219 Å². The molecule has 0 spiro atoms. The summed E-state index contributed by atoms with van der Waals surface area (Å²) in [4.78, 5) is 30.2. The zero-order chi connectivity index (χ0) is 28.1. The van der Waals surface area contributed by atoms with Crippen molar-refractivity contribution in [2.75, 3.05) is 0 Å². The van der Waals surface area contributed by atoms with Gasteiger partial charge in [-0.05, 0) is 31.9 Å². The van der Waals surface area contributed by atoms with Gasteiger partial charge in [0.15, 0.2) is 0 Å². The normalized spacial score (nSPS) is 31.4. The van der Waals surface area contributed by atoms with Gasteiger partial charge >= 0.3 is 12.1 Å². The van der Waals surface area contributed by atoms with Gasteiger partial charge in [0, 0.05) is 29.2 Å². The molecule has 0 saturated carbocycles. The first kappa shape index (κ1) is 30.9. The summed E-state index contributed by atoms with van der Waals surface area (Å²) < 4.78 is 46.8. The third kappa shape index (κ3) is 8.35. The molecule has 0 saturated heterocycles. The van der Waals surface area contributed by atoms with Crippen molar-refractivity contribution in [3.63, 3.8) is 0 Å². The number of ether oxygens (including phenoxy) is 1. The molecule has 1 aromatic heterocycles. The number of aliphatic hydroxyl groups excluding tert-OH is 2. The van der Waals surface area contributed by atoms with Gasteiger partial charge < -0.3 is 14.9 Å². The van der Waals surface area contributed by atoms with Crippen LogP contribution < -0.4 is 0 Å². The average molecular weight is 544 g/mol. The van der Waals surface area contributed by atoms with Gasteiger partial charge in [0.25, 0.3) is 0 Å². The number of carbonyl (C=O) groups is 2. The number of halogens is 3. The Bertz CT molecular complexity index is 1060. The molecular formula is C27H36F3NO5S. The Kier molecular flexibility index (Phi) is 10.4. The van der Waals surface area contributed by atoms with Crippen LogP contribution in [0.5, 0.6) is 0 Å². The molecule has 0 amide bonds. The number of hydrogen-bond acceptors (Lipinski definition) is 7. The van der Waals surface area contributed by atoms with E-state index in [0.29, 0.717) is 11.3 Å². The van der Waals surface area contributed by atoms with Crippen LogP contribution in [0, 0.1) is 24.2 Å². The van der Waals surface area contributed by atoms with Crippen LogP contribution in [-0.2, 0) is 14.3 Å². The summed E-state index contributed by atoms with van der Waals surface area (Å²) in [6.45, 7) is 9.55. The minimum absolute atomic E-state index is 0.243. The SMILES string of the molecule is C/C(=C\c1csc(C)n1)C1C/C=C(/C(F)(F)F)C/C=C/C(C)C(O)[C@@H](C)C(=O)C(C)(C)C(O)CC(=O)O1. The topological polar surface area (TPSA) is 96.7 Å². The zero-order valence-electron chi connectivity index (χ0n) is 22.0. The number of cyclic esters (lactones) is 1. The van der Waals surface area contributed by atoms with Gasteiger partial charge in [0.1, 0.15) is 11.9 Å². The number of thiazole rings is 1. The van der Waals surface area contributed by atoms with Crippen molar-refractivity contribution in [3.8, 4) is 0 Å². The van der Waals surface area contributed by atoms with Crippen molar-refractivity contribution in [1.82, 2.24) is 4.98 Å². The maximum absolute atomic E-state index is 13.8. The number of alkyl halides is 3. The minimum Gasteiger partial charge on any atom is -0.457 e. The Morgan fingerprint density at radius 1 is 1.24 bits per heavy atom. The van der Waals surface area contributed by atoms with Gasteiger partial charge in [-0.25, -0.2) is 4.98 Å². The molecule has 1 aliphatic rings. The van der Waals surface area contributed by atoms with Crippen molar-refractivity contribution < 1.29 is 37.7 Å². The summed E-state index contributed by atoms with van der Waals surface area (Å²) in [6, 6.07) is 0. The minimum atomic E-state index is -4.61. The molecule has 0 bridgehead atoms. The number of rotatable bonds is 2. The van der Waals surface area contributed by atoms with Gasteiger partial charge in [-0.3, -0.25) is 9.59 Å². The second kappa shape index (κ2) is 12.5. The molecule has 2 heterocycles. The first-order chi connectivity index (χ1) is 17.0. The van der Waals surface area contributed by atoms with E-state index in [2.05, 4.69) is 4.98 Å². The van der Waals surface area contributed by atoms with Crippen LogP contribution in [0.3, 0.4) is 0 Å². The van der Waals surface area contributed by atoms with E-state index in [1.165, 1.54) is 44.3 Å². The van der Waals surface area contributed by atoms with E-state index in [9.17, 15) is 33.0 Å². The van der Waals surface area contributed by atoms with Gasteiger partial charge in [0.05, 0.1) is 34.7 Å². The maximum atomic E-state index is 13.8. The van der Waals surface area contributed by atoms with Crippen LogP contribution in [0.25, 0.3) is 6.08 Å². The van der Waals surface area contributed by atoms with Crippen LogP contribution in [0.2, 0.25) is 0 Å². The second-order valence-electron chi connectivity index (χ2n) is 10.2. The number of aliphatic hydroxyl groups is 2. The first-order valence-corrected chi connectivity index (χ1v) is 13.0. The van der Waals surface area contributed by atoms with Crippen molar-refractivity contribution in [1.29, 1.82) is 0 Å². The van der Waals surface area contributed by atoms with Crippen LogP contribution >= 0.6 is 11.3 Å².